The van der Waals surface area contributed by atoms with Crippen LogP contribution in [0.3, 0.4) is 0 Å². The van der Waals surface area contributed by atoms with Gasteiger partial charge in [0.05, 0.1) is 0 Å². The first-order chi connectivity index (χ1) is 6.15. The molecule has 13 heavy (non-hydrogen) atoms. The van der Waals surface area contributed by atoms with Gasteiger partial charge in [0, 0.05) is 5.56 Å². The number of rotatable bonds is 3. The lowest BCUT2D eigenvalue weighted by Crippen LogP contribution is -2.01. The number of alkyl halides is 2. The Kier molecular flexibility index (Phi) is 3.11. The number of ether oxygens (including phenoxy) is 1. The van der Waals surface area contributed by atoms with Crippen LogP contribution < -0.4 is 4.74 Å². The Morgan fingerprint density at radius 2 is 2.38 bits per heavy atom. The smallest absolute Gasteiger partial charge is 0.387 e. The van der Waals surface area contributed by atoms with Gasteiger partial charge in [0.25, 0.3) is 0 Å². The lowest BCUT2D eigenvalue weighted by Gasteiger charge is -2.03. The molecule has 0 atom stereocenters. The molecule has 0 fully saturated rings. The predicted molar refractivity (Wildman–Crippen MR) is 43.5 cm³/mol. The van der Waals surface area contributed by atoms with Crippen LogP contribution in [0.15, 0.2) is 10.4 Å². The molecule has 1 heterocycles. The number of hydrogen-bond acceptors (Lipinski definition) is 4. The summed E-state index contributed by atoms with van der Waals surface area (Å²) in [5.74, 6) is -0.0525. The highest BCUT2D eigenvalue weighted by molar-refractivity contribution is 7.14. The Balaban J connectivity index is 3.01. The van der Waals surface area contributed by atoms with Crippen LogP contribution in [0, 0.1) is 6.92 Å². The number of isocyanates is 1. The molecule has 70 valence electrons. The second-order valence-electron chi connectivity index (χ2n) is 2.13. The fourth-order valence-electron chi connectivity index (χ4n) is 0.771. The Morgan fingerprint density at radius 3 is 2.92 bits per heavy atom. The molecule has 0 aromatic carbocycles. The van der Waals surface area contributed by atoms with Gasteiger partial charge in [-0.1, -0.05) is 0 Å². The SMILES string of the molecule is Cc1csc(N=C=O)c1OC(F)F. The Labute approximate surface area is 76.7 Å². The first-order valence-corrected chi connectivity index (χ1v) is 4.14. The van der Waals surface area contributed by atoms with Crippen molar-refractivity contribution in [3.8, 4) is 5.75 Å². The molecule has 1 aromatic heterocycles. The summed E-state index contributed by atoms with van der Waals surface area (Å²) >= 11 is 1.06. The van der Waals surface area contributed by atoms with Gasteiger partial charge in [-0.15, -0.1) is 11.3 Å². The molecule has 0 N–H and O–H groups in total. The third-order valence-corrected chi connectivity index (χ3v) is 2.23. The van der Waals surface area contributed by atoms with Crippen LogP contribution in [-0.2, 0) is 4.79 Å². The molecule has 1 aromatic rings. The number of nitrogens with zero attached hydrogens (tertiary/aromatic N) is 1. The molecular weight excluding hydrogens is 200 g/mol. The molecule has 1 rings (SSSR count). The van der Waals surface area contributed by atoms with Crippen molar-refractivity contribution < 1.29 is 18.3 Å². The van der Waals surface area contributed by atoms with Gasteiger partial charge in [0.15, 0.2) is 10.8 Å². The van der Waals surface area contributed by atoms with E-state index >= 15 is 0 Å². The van der Waals surface area contributed by atoms with Crippen molar-refractivity contribution in [1.29, 1.82) is 0 Å². The largest absolute Gasteiger partial charge is 0.431 e. The topological polar surface area (TPSA) is 38.7 Å². The van der Waals surface area contributed by atoms with Crippen molar-refractivity contribution in [2.24, 2.45) is 4.99 Å². The Bertz CT molecular complexity index is 344. The molecule has 0 aliphatic rings. The second-order valence-corrected chi connectivity index (χ2v) is 2.99. The zero-order valence-electron chi connectivity index (χ0n) is 6.58. The van der Waals surface area contributed by atoms with Crippen LogP contribution in [0.5, 0.6) is 5.75 Å². The molecule has 0 bridgehead atoms. The first-order valence-electron chi connectivity index (χ1n) is 3.26. The highest BCUT2D eigenvalue weighted by Crippen LogP contribution is 2.38. The zero-order chi connectivity index (χ0) is 9.84. The van der Waals surface area contributed by atoms with Gasteiger partial charge in [-0.25, -0.2) is 4.79 Å². The minimum absolute atomic E-state index is 0.0525. The van der Waals surface area contributed by atoms with Crippen LogP contribution in [0.2, 0.25) is 0 Å². The molecule has 0 unspecified atom stereocenters. The third kappa shape index (κ3) is 2.34. The number of thiophene rings is 1. The van der Waals surface area contributed by atoms with E-state index in [-0.39, 0.29) is 10.8 Å². The number of aryl methyl sites for hydroxylation is 1. The van der Waals surface area contributed by atoms with E-state index in [9.17, 15) is 13.6 Å². The summed E-state index contributed by atoms with van der Waals surface area (Å²) in [4.78, 5) is 13.1. The van der Waals surface area contributed by atoms with Crippen LogP contribution in [-0.4, -0.2) is 12.7 Å². The summed E-state index contributed by atoms with van der Waals surface area (Å²) in [5, 5.41) is 1.70. The van der Waals surface area contributed by atoms with Gasteiger partial charge in [-0.05, 0) is 12.3 Å². The van der Waals surface area contributed by atoms with Crippen molar-refractivity contribution in [2.45, 2.75) is 13.5 Å². The van der Waals surface area contributed by atoms with E-state index in [0.29, 0.717) is 5.56 Å². The van der Waals surface area contributed by atoms with E-state index < -0.39 is 6.61 Å². The van der Waals surface area contributed by atoms with Crippen LogP contribution in [0.1, 0.15) is 5.56 Å². The average molecular weight is 205 g/mol. The summed E-state index contributed by atoms with van der Waals surface area (Å²) in [7, 11) is 0. The molecule has 0 saturated heterocycles. The fourth-order valence-corrected chi connectivity index (χ4v) is 1.57. The summed E-state index contributed by atoms with van der Waals surface area (Å²) in [6.45, 7) is -1.31. The van der Waals surface area contributed by atoms with Crippen LogP contribution in [0.4, 0.5) is 13.8 Å². The first kappa shape index (κ1) is 9.83. The van der Waals surface area contributed by atoms with Gasteiger partial charge in [-0.3, -0.25) is 0 Å². The molecule has 0 aliphatic carbocycles. The minimum atomic E-state index is -2.91. The third-order valence-electron chi connectivity index (χ3n) is 1.25. The quantitative estimate of drug-likeness (QED) is 0.562. The minimum Gasteiger partial charge on any atom is -0.431 e. The lowest BCUT2D eigenvalue weighted by atomic mass is 10.3. The maximum Gasteiger partial charge on any atom is 0.387 e. The van der Waals surface area contributed by atoms with Crippen LogP contribution >= 0.6 is 11.3 Å². The molecule has 0 spiro atoms. The Hall–Kier alpha value is -1.26. The number of aliphatic imine (C=N–C) groups is 1. The van der Waals surface area contributed by atoms with Crippen molar-refractivity contribution in [1.82, 2.24) is 0 Å². The van der Waals surface area contributed by atoms with Crippen molar-refractivity contribution in [3.05, 3.63) is 10.9 Å². The van der Waals surface area contributed by atoms with Crippen molar-refractivity contribution in [3.63, 3.8) is 0 Å². The summed E-state index contributed by atoms with van der Waals surface area (Å²) in [5.41, 5.74) is 0.527. The van der Waals surface area contributed by atoms with Gasteiger partial charge in [0.1, 0.15) is 0 Å². The summed E-state index contributed by atoms with van der Waals surface area (Å²) in [6.07, 6.45) is 1.27. The maximum absolute atomic E-state index is 11.8. The fraction of sp³-hybridized carbons (Fsp3) is 0.286. The molecule has 3 nitrogen and oxygen atoms in total. The monoisotopic (exact) mass is 205 g/mol. The van der Waals surface area contributed by atoms with Gasteiger partial charge >= 0.3 is 6.61 Å². The van der Waals surface area contributed by atoms with Gasteiger partial charge < -0.3 is 4.74 Å². The van der Waals surface area contributed by atoms with Gasteiger partial charge in [-0.2, -0.15) is 13.8 Å². The molecular formula is C7H5F2NO2S. The van der Waals surface area contributed by atoms with E-state index in [4.69, 9.17) is 0 Å². The molecule has 0 amide bonds. The van der Waals surface area contributed by atoms with E-state index in [1.54, 1.807) is 12.3 Å². The number of halogens is 2. The van der Waals surface area contributed by atoms with Crippen LogP contribution in [0.25, 0.3) is 0 Å². The van der Waals surface area contributed by atoms with E-state index in [1.165, 1.54) is 6.08 Å². The van der Waals surface area contributed by atoms with E-state index in [2.05, 4.69) is 9.73 Å². The maximum atomic E-state index is 11.8. The zero-order valence-corrected chi connectivity index (χ0v) is 7.40. The average Bonchev–Trinajstić information content (AvgIpc) is 2.36. The number of carbonyl (C=O) groups excluding carboxylic acids is 1. The van der Waals surface area contributed by atoms with Crippen molar-refractivity contribution >= 4 is 22.4 Å². The van der Waals surface area contributed by atoms with E-state index in [1.807, 2.05) is 0 Å². The Morgan fingerprint density at radius 1 is 1.69 bits per heavy atom. The standard InChI is InChI=1S/C7H5F2NO2S/c1-4-2-13-6(10-3-11)5(4)12-7(8)9/h2,7H,1H3. The molecule has 0 radical (unpaired) electrons. The second kappa shape index (κ2) is 4.11. The highest BCUT2D eigenvalue weighted by Gasteiger charge is 2.14. The normalized spacial score (nSPS) is 9.85. The predicted octanol–water partition coefficient (Wildman–Crippen LogP) is 2.63. The molecule has 6 heteroatoms. The molecule has 0 saturated carbocycles. The lowest BCUT2D eigenvalue weighted by molar-refractivity contribution is -0.0496. The van der Waals surface area contributed by atoms with E-state index in [0.717, 1.165) is 11.3 Å². The van der Waals surface area contributed by atoms with Crippen molar-refractivity contribution in [2.75, 3.05) is 0 Å². The van der Waals surface area contributed by atoms with Gasteiger partial charge in [0.2, 0.25) is 6.08 Å². The number of hydrogen-bond donors (Lipinski definition) is 0. The summed E-state index contributed by atoms with van der Waals surface area (Å²) < 4.78 is 27.9. The molecule has 0 aliphatic heterocycles. The summed E-state index contributed by atoms with van der Waals surface area (Å²) in [6, 6.07) is 0. The highest BCUT2D eigenvalue weighted by atomic mass is 32.1.